The lowest BCUT2D eigenvalue weighted by atomic mass is 9.82. The zero-order chi connectivity index (χ0) is 19.4. The summed E-state index contributed by atoms with van der Waals surface area (Å²) in [5, 5.41) is 2.72. The quantitative estimate of drug-likeness (QED) is 0.451. The van der Waals surface area contributed by atoms with Crippen LogP contribution < -0.4 is 4.67 Å². The first kappa shape index (κ1) is 18.3. The summed E-state index contributed by atoms with van der Waals surface area (Å²) in [6.07, 6.45) is 9.83. The van der Waals surface area contributed by atoms with E-state index in [1.807, 2.05) is 0 Å². The fourth-order valence-corrected chi connectivity index (χ4v) is 6.32. The van der Waals surface area contributed by atoms with E-state index in [0.717, 1.165) is 24.0 Å². The smallest absolute Gasteiger partial charge is 0.309 e. The van der Waals surface area contributed by atoms with Crippen molar-refractivity contribution in [3.8, 4) is 0 Å². The van der Waals surface area contributed by atoms with Crippen molar-refractivity contribution in [1.29, 1.82) is 0 Å². The summed E-state index contributed by atoms with van der Waals surface area (Å²) in [6, 6.07) is 4.76. The molecule has 0 atom stereocenters. The molecule has 0 fully saturated rings. The van der Waals surface area contributed by atoms with Crippen LogP contribution in [0.15, 0.2) is 20.5 Å². The fourth-order valence-electron chi connectivity index (χ4n) is 5.17. The molecule has 2 aliphatic carbocycles. The number of aryl methyl sites for hydroxylation is 6. The Labute approximate surface area is 168 Å². The van der Waals surface area contributed by atoms with Crippen molar-refractivity contribution >= 4 is 30.1 Å². The summed E-state index contributed by atoms with van der Waals surface area (Å²) in [4.78, 5) is 0. The number of benzene rings is 2. The zero-order valence-electron chi connectivity index (χ0n) is 17.5. The van der Waals surface area contributed by atoms with Crippen molar-refractivity contribution in [3.05, 3.63) is 45.5 Å². The van der Waals surface area contributed by atoms with Gasteiger partial charge in [-0.15, -0.1) is 0 Å². The van der Waals surface area contributed by atoms with Gasteiger partial charge in [0.15, 0.2) is 0 Å². The third-order valence-corrected chi connectivity index (χ3v) is 7.82. The molecule has 1 aromatic heterocycles. The number of fused-ring (bicyclic) bond motifs is 7. The van der Waals surface area contributed by atoms with Crippen LogP contribution in [0, 0.1) is 13.8 Å². The van der Waals surface area contributed by atoms with Gasteiger partial charge in [0.05, 0.1) is 0 Å². The van der Waals surface area contributed by atoms with Crippen molar-refractivity contribution in [2.75, 3.05) is 18.8 Å². The van der Waals surface area contributed by atoms with Crippen molar-refractivity contribution < 1.29 is 8.39 Å². The standard InChI is InChI=1S/C24H30NO2P/c1-15-13-17-9-5-7-11-19(17)21-22-20-12-8-6-10-18(20)14-16(2)24(22)27-28(25(3)4)26-23(15)21/h13-14H,5-12H2,1-4H3. The van der Waals surface area contributed by atoms with E-state index < -0.39 is 8.16 Å². The molecule has 0 spiro atoms. The summed E-state index contributed by atoms with van der Waals surface area (Å²) < 4.78 is 15.3. The molecule has 0 aliphatic heterocycles. The predicted molar refractivity (Wildman–Crippen MR) is 119 cm³/mol. The van der Waals surface area contributed by atoms with Crippen LogP contribution in [0.25, 0.3) is 21.9 Å². The average molecular weight is 395 g/mol. The third kappa shape index (κ3) is 2.83. The summed E-state index contributed by atoms with van der Waals surface area (Å²) in [5.41, 5.74) is 10.7. The Hall–Kier alpha value is -1.70. The fraction of sp³-hybridized carbons (Fsp3) is 0.500. The average Bonchev–Trinajstić information content (AvgIpc) is 2.87. The summed E-state index contributed by atoms with van der Waals surface area (Å²) >= 11 is 0. The van der Waals surface area contributed by atoms with Crippen LogP contribution in [0.1, 0.15) is 59.1 Å². The lowest BCUT2D eigenvalue weighted by Gasteiger charge is -2.22. The van der Waals surface area contributed by atoms with Crippen LogP contribution >= 0.6 is 8.16 Å². The maximum absolute atomic E-state index is 6.61. The highest BCUT2D eigenvalue weighted by Gasteiger charge is 2.23. The lowest BCUT2D eigenvalue weighted by molar-refractivity contribution is 0.629. The highest BCUT2D eigenvalue weighted by atomic mass is 31.1. The van der Waals surface area contributed by atoms with Crippen LogP contribution in [0.4, 0.5) is 0 Å². The van der Waals surface area contributed by atoms with Gasteiger partial charge in [-0.1, -0.05) is 12.1 Å². The molecule has 0 bridgehead atoms. The third-order valence-electron chi connectivity index (χ3n) is 6.49. The van der Waals surface area contributed by atoms with Crippen molar-refractivity contribution in [2.45, 2.75) is 65.2 Å². The van der Waals surface area contributed by atoms with E-state index in [4.69, 9.17) is 8.39 Å². The first-order chi connectivity index (χ1) is 13.5. The molecule has 2 aromatic carbocycles. The van der Waals surface area contributed by atoms with Crippen LogP contribution in [-0.2, 0) is 25.7 Å². The van der Waals surface area contributed by atoms with E-state index in [1.54, 1.807) is 0 Å². The summed E-state index contributed by atoms with van der Waals surface area (Å²) in [5.74, 6) is 0. The zero-order valence-corrected chi connectivity index (χ0v) is 18.4. The van der Waals surface area contributed by atoms with Gasteiger partial charge >= 0.3 is 8.16 Å². The molecule has 2 aliphatic rings. The second kappa shape index (κ2) is 6.97. The molecular weight excluding hydrogens is 365 g/mol. The molecule has 0 N–H and O–H groups in total. The van der Waals surface area contributed by atoms with Gasteiger partial charge in [0.2, 0.25) is 0 Å². The van der Waals surface area contributed by atoms with Crippen molar-refractivity contribution in [2.24, 2.45) is 0 Å². The van der Waals surface area contributed by atoms with E-state index in [1.165, 1.54) is 82.7 Å². The molecule has 0 amide bonds. The van der Waals surface area contributed by atoms with E-state index in [9.17, 15) is 0 Å². The molecule has 148 valence electrons. The summed E-state index contributed by atoms with van der Waals surface area (Å²) in [7, 11) is 2.95. The minimum atomic E-state index is -1.16. The minimum Gasteiger partial charge on any atom is -0.408 e. The van der Waals surface area contributed by atoms with E-state index in [0.29, 0.717) is 0 Å². The normalized spacial score (nSPS) is 16.5. The van der Waals surface area contributed by atoms with Gasteiger partial charge in [0, 0.05) is 24.9 Å². The Morgan fingerprint density at radius 2 is 1.14 bits per heavy atom. The Morgan fingerprint density at radius 1 is 0.714 bits per heavy atom. The van der Waals surface area contributed by atoms with Gasteiger partial charge in [-0.05, 0) is 98.6 Å². The predicted octanol–water partition coefficient (Wildman–Crippen LogP) is 6.86. The molecule has 4 heteroatoms. The first-order valence-corrected chi connectivity index (χ1v) is 11.8. The van der Waals surface area contributed by atoms with Gasteiger partial charge in [0.1, 0.15) is 11.2 Å². The van der Waals surface area contributed by atoms with E-state index in [2.05, 4.69) is 44.7 Å². The van der Waals surface area contributed by atoms with Crippen molar-refractivity contribution in [3.63, 3.8) is 0 Å². The number of rotatable bonds is 1. The van der Waals surface area contributed by atoms with Crippen LogP contribution in [-0.4, -0.2) is 14.1 Å². The molecule has 3 aromatic rings. The first-order valence-electron chi connectivity index (χ1n) is 10.7. The lowest BCUT2D eigenvalue weighted by Crippen LogP contribution is -2.07. The highest BCUT2D eigenvalue weighted by molar-refractivity contribution is 7.38. The number of nitrogens with zero attached hydrogens (tertiary/aromatic N) is 1. The molecule has 28 heavy (non-hydrogen) atoms. The highest BCUT2D eigenvalue weighted by Crippen LogP contribution is 2.44. The van der Waals surface area contributed by atoms with Crippen molar-refractivity contribution in [1.82, 2.24) is 0 Å². The second-order valence-corrected chi connectivity index (χ2v) is 10.4. The largest absolute Gasteiger partial charge is 0.408 e. The molecule has 0 saturated heterocycles. The molecule has 0 radical (unpaired) electrons. The molecule has 1 heterocycles. The van der Waals surface area contributed by atoms with E-state index >= 15 is 0 Å². The minimum absolute atomic E-state index is 1.07. The maximum Gasteiger partial charge on any atom is 0.309 e. The maximum atomic E-state index is 6.61. The summed E-state index contributed by atoms with van der Waals surface area (Å²) in [6.45, 7) is 4.42. The topological polar surface area (TPSA) is 29.5 Å². The molecule has 0 unspecified atom stereocenters. The van der Waals surface area contributed by atoms with E-state index in [-0.39, 0.29) is 0 Å². The monoisotopic (exact) mass is 395 g/mol. The van der Waals surface area contributed by atoms with Gasteiger partial charge < -0.3 is 8.39 Å². The Balaban J connectivity index is 2.08. The van der Waals surface area contributed by atoms with Gasteiger partial charge in [-0.25, -0.2) is 4.67 Å². The van der Waals surface area contributed by atoms with Crippen LogP contribution in [0.2, 0.25) is 0 Å². The Morgan fingerprint density at radius 3 is 1.57 bits per heavy atom. The van der Waals surface area contributed by atoms with Gasteiger partial charge in [0.25, 0.3) is 0 Å². The van der Waals surface area contributed by atoms with Gasteiger partial charge in [-0.3, -0.25) is 0 Å². The molecule has 5 rings (SSSR count). The Kier molecular flexibility index (Phi) is 4.56. The molecule has 3 nitrogen and oxygen atoms in total. The molecule has 0 saturated carbocycles. The second-order valence-electron chi connectivity index (χ2n) is 8.75. The van der Waals surface area contributed by atoms with Crippen LogP contribution in [0.5, 0.6) is 0 Å². The Bertz CT molecular complexity index is 1040. The number of hydrogen-bond acceptors (Lipinski definition) is 3. The number of hydrogen-bond donors (Lipinski definition) is 0. The van der Waals surface area contributed by atoms with Gasteiger partial charge in [-0.2, -0.15) is 0 Å². The van der Waals surface area contributed by atoms with Crippen LogP contribution in [0.3, 0.4) is 0 Å². The SMILES string of the molecule is Cc1cc2c(c3c1op(N(C)C)oc1c(C)cc4c(c13)CCCC4)CCCC2. The molecular formula is C24H30NO2P.